The van der Waals surface area contributed by atoms with Crippen LogP contribution in [0.5, 0.6) is 0 Å². The highest BCUT2D eigenvalue weighted by molar-refractivity contribution is 4.86. The van der Waals surface area contributed by atoms with Crippen molar-refractivity contribution >= 4 is 0 Å². The van der Waals surface area contributed by atoms with Gasteiger partial charge in [0.2, 0.25) is 0 Å². The molecule has 2 unspecified atom stereocenters. The van der Waals surface area contributed by atoms with E-state index in [0.717, 1.165) is 32.2 Å². The summed E-state index contributed by atoms with van der Waals surface area (Å²) in [5, 5.41) is 3.31. The van der Waals surface area contributed by atoms with E-state index in [0.29, 0.717) is 6.54 Å². The van der Waals surface area contributed by atoms with E-state index in [1.807, 2.05) is 6.92 Å². The molecule has 0 saturated carbocycles. The summed E-state index contributed by atoms with van der Waals surface area (Å²) in [6, 6.07) is 0.162. The zero-order valence-corrected chi connectivity index (χ0v) is 10.7. The lowest BCUT2D eigenvalue weighted by atomic mass is 9.96. The van der Waals surface area contributed by atoms with Crippen molar-refractivity contribution in [3.05, 3.63) is 0 Å². The first-order valence-corrected chi connectivity index (χ1v) is 6.48. The van der Waals surface area contributed by atoms with Gasteiger partial charge in [-0.05, 0) is 39.3 Å². The van der Waals surface area contributed by atoms with Crippen LogP contribution in [-0.2, 0) is 0 Å². The Morgan fingerprint density at radius 3 is 2.65 bits per heavy atom. The monoisotopic (exact) mass is 252 g/mol. The van der Waals surface area contributed by atoms with Gasteiger partial charge in [-0.15, -0.1) is 0 Å². The Kier molecular flexibility index (Phi) is 5.73. The lowest BCUT2D eigenvalue weighted by Crippen LogP contribution is -2.53. The SMILES string of the molecule is CCCNC(C)C1CCCCN1CC(F)(F)F. The van der Waals surface area contributed by atoms with Gasteiger partial charge in [0.05, 0.1) is 6.54 Å². The van der Waals surface area contributed by atoms with Crippen molar-refractivity contribution in [3.8, 4) is 0 Å². The summed E-state index contributed by atoms with van der Waals surface area (Å²) in [6.45, 7) is 4.73. The fourth-order valence-electron chi connectivity index (χ4n) is 2.52. The van der Waals surface area contributed by atoms with Gasteiger partial charge in [0.25, 0.3) is 0 Å². The van der Waals surface area contributed by atoms with Crippen LogP contribution in [0.15, 0.2) is 0 Å². The maximum atomic E-state index is 12.5. The molecule has 17 heavy (non-hydrogen) atoms. The lowest BCUT2D eigenvalue weighted by Gasteiger charge is -2.39. The van der Waals surface area contributed by atoms with Gasteiger partial charge >= 0.3 is 6.18 Å². The Labute approximate surface area is 102 Å². The number of rotatable bonds is 5. The zero-order chi connectivity index (χ0) is 12.9. The highest BCUT2D eigenvalue weighted by atomic mass is 19.4. The third-order valence-electron chi connectivity index (χ3n) is 3.34. The van der Waals surface area contributed by atoms with Gasteiger partial charge in [-0.25, -0.2) is 0 Å². The van der Waals surface area contributed by atoms with E-state index < -0.39 is 12.7 Å². The minimum Gasteiger partial charge on any atom is -0.313 e. The molecule has 1 rings (SSSR count). The standard InChI is InChI=1S/C12H23F3N2/c1-3-7-16-10(2)11-6-4-5-8-17(11)9-12(13,14)15/h10-11,16H,3-9H2,1-2H3. The van der Waals surface area contributed by atoms with Gasteiger partial charge in [-0.3, -0.25) is 4.90 Å². The molecule has 1 N–H and O–H groups in total. The van der Waals surface area contributed by atoms with Crippen molar-refractivity contribution in [2.75, 3.05) is 19.6 Å². The molecule has 0 bridgehead atoms. The molecule has 1 aliphatic heterocycles. The van der Waals surface area contributed by atoms with Crippen molar-refractivity contribution in [2.45, 2.75) is 57.8 Å². The van der Waals surface area contributed by atoms with E-state index in [-0.39, 0.29) is 12.1 Å². The molecule has 2 atom stereocenters. The Balaban J connectivity index is 2.52. The van der Waals surface area contributed by atoms with Crippen LogP contribution < -0.4 is 5.32 Å². The second-order valence-corrected chi connectivity index (χ2v) is 4.89. The maximum absolute atomic E-state index is 12.5. The van der Waals surface area contributed by atoms with E-state index in [4.69, 9.17) is 0 Å². The quantitative estimate of drug-likeness (QED) is 0.809. The van der Waals surface area contributed by atoms with Crippen LogP contribution in [0.2, 0.25) is 0 Å². The normalized spacial score (nSPS) is 24.9. The summed E-state index contributed by atoms with van der Waals surface area (Å²) in [4.78, 5) is 1.59. The molecule has 102 valence electrons. The van der Waals surface area contributed by atoms with Crippen molar-refractivity contribution in [1.29, 1.82) is 0 Å². The number of likely N-dealkylation sites (tertiary alicyclic amines) is 1. The smallest absolute Gasteiger partial charge is 0.313 e. The van der Waals surface area contributed by atoms with Crippen LogP contribution in [0, 0.1) is 0 Å². The summed E-state index contributed by atoms with van der Waals surface area (Å²) in [5.41, 5.74) is 0. The summed E-state index contributed by atoms with van der Waals surface area (Å²) in [5.74, 6) is 0. The number of hydrogen-bond donors (Lipinski definition) is 1. The second kappa shape index (κ2) is 6.59. The van der Waals surface area contributed by atoms with Crippen LogP contribution in [0.4, 0.5) is 13.2 Å². The maximum Gasteiger partial charge on any atom is 0.401 e. The van der Waals surface area contributed by atoms with Gasteiger partial charge in [-0.1, -0.05) is 13.3 Å². The Bertz CT molecular complexity index is 218. The molecule has 1 aliphatic rings. The molecule has 1 heterocycles. The van der Waals surface area contributed by atoms with E-state index in [2.05, 4.69) is 12.2 Å². The molecular formula is C12H23F3N2. The molecule has 2 nitrogen and oxygen atoms in total. The van der Waals surface area contributed by atoms with Crippen LogP contribution in [0.25, 0.3) is 0 Å². The Morgan fingerprint density at radius 2 is 2.06 bits per heavy atom. The first kappa shape index (κ1) is 14.8. The first-order chi connectivity index (χ1) is 7.94. The number of alkyl halides is 3. The molecule has 1 saturated heterocycles. The third kappa shape index (κ3) is 5.25. The molecule has 0 amide bonds. The number of nitrogens with one attached hydrogen (secondary N) is 1. The van der Waals surface area contributed by atoms with Crippen LogP contribution in [0.3, 0.4) is 0 Å². The largest absolute Gasteiger partial charge is 0.401 e. The molecule has 0 aromatic heterocycles. The Hall–Kier alpha value is -0.290. The molecule has 0 spiro atoms. The van der Waals surface area contributed by atoms with Gasteiger partial charge < -0.3 is 5.32 Å². The molecular weight excluding hydrogens is 229 g/mol. The number of nitrogens with zero attached hydrogens (tertiary/aromatic N) is 1. The topological polar surface area (TPSA) is 15.3 Å². The van der Waals surface area contributed by atoms with Crippen LogP contribution >= 0.6 is 0 Å². The van der Waals surface area contributed by atoms with E-state index in [9.17, 15) is 13.2 Å². The fourth-order valence-corrected chi connectivity index (χ4v) is 2.52. The molecule has 0 aromatic rings. The minimum absolute atomic E-state index is 0.0249. The van der Waals surface area contributed by atoms with E-state index in [1.165, 1.54) is 0 Å². The minimum atomic E-state index is -4.08. The van der Waals surface area contributed by atoms with Gasteiger partial charge in [0.1, 0.15) is 0 Å². The molecule has 0 radical (unpaired) electrons. The number of halogens is 3. The lowest BCUT2D eigenvalue weighted by molar-refractivity contribution is -0.154. The highest BCUT2D eigenvalue weighted by Crippen LogP contribution is 2.25. The summed E-state index contributed by atoms with van der Waals surface area (Å²) >= 11 is 0. The van der Waals surface area contributed by atoms with Crippen molar-refractivity contribution in [3.63, 3.8) is 0 Å². The van der Waals surface area contributed by atoms with E-state index >= 15 is 0 Å². The van der Waals surface area contributed by atoms with Crippen LogP contribution in [-0.4, -0.2) is 42.8 Å². The van der Waals surface area contributed by atoms with Crippen molar-refractivity contribution in [1.82, 2.24) is 10.2 Å². The predicted octanol–water partition coefficient (Wildman–Crippen LogP) is 2.79. The van der Waals surface area contributed by atoms with Gasteiger partial charge in [0.15, 0.2) is 0 Å². The summed E-state index contributed by atoms with van der Waals surface area (Å²) in [6.07, 6.45) is -0.283. The molecule has 5 heteroatoms. The Morgan fingerprint density at radius 1 is 1.35 bits per heavy atom. The zero-order valence-electron chi connectivity index (χ0n) is 10.7. The summed E-state index contributed by atoms with van der Waals surface area (Å²) < 4.78 is 37.4. The molecule has 0 aromatic carbocycles. The van der Waals surface area contributed by atoms with E-state index in [1.54, 1.807) is 4.90 Å². The van der Waals surface area contributed by atoms with Crippen LogP contribution in [0.1, 0.15) is 39.5 Å². The number of piperidine rings is 1. The number of hydrogen-bond acceptors (Lipinski definition) is 2. The highest BCUT2D eigenvalue weighted by Gasteiger charge is 2.36. The van der Waals surface area contributed by atoms with Crippen molar-refractivity contribution in [2.24, 2.45) is 0 Å². The average molecular weight is 252 g/mol. The second-order valence-electron chi connectivity index (χ2n) is 4.89. The average Bonchev–Trinajstić information content (AvgIpc) is 2.24. The predicted molar refractivity (Wildman–Crippen MR) is 63.0 cm³/mol. The molecule has 1 fully saturated rings. The summed E-state index contributed by atoms with van der Waals surface area (Å²) in [7, 11) is 0. The fraction of sp³-hybridized carbons (Fsp3) is 1.00. The van der Waals surface area contributed by atoms with Gasteiger partial charge in [0, 0.05) is 12.1 Å². The third-order valence-corrected chi connectivity index (χ3v) is 3.34. The molecule has 0 aliphatic carbocycles. The van der Waals surface area contributed by atoms with Gasteiger partial charge in [-0.2, -0.15) is 13.2 Å². The van der Waals surface area contributed by atoms with Crippen molar-refractivity contribution < 1.29 is 13.2 Å². The first-order valence-electron chi connectivity index (χ1n) is 6.48.